The van der Waals surface area contributed by atoms with Crippen LogP contribution < -0.4 is 5.32 Å². The van der Waals surface area contributed by atoms with Crippen LogP contribution >= 0.6 is 0 Å². The smallest absolute Gasteiger partial charge is 0.224 e. The van der Waals surface area contributed by atoms with Gasteiger partial charge in [0.05, 0.1) is 0 Å². The van der Waals surface area contributed by atoms with Gasteiger partial charge in [0, 0.05) is 12.1 Å². The van der Waals surface area contributed by atoms with E-state index in [9.17, 15) is 4.79 Å². The molecule has 0 fully saturated rings. The predicted molar refractivity (Wildman–Crippen MR) is 88.0 cm³/mol. The maximum absolute atomic E-state index is 11.4. The van der Waals surface area contributed by atoms with Crippen molar-refractivity contribution in [3.8, 4) is 0 Å². The summed E-state index contributed by atoms with van der Waals surface area (Å²) in [7, 11) is 0. The third-order valence-corrected chi connectivity index (χ3v) is 3.89. The van der Waals surface area contributed by atoms with E-state index < -0.39 is 0 Å². The zero-order valence-corrected chi connectivity index (χ0v) is 12.2. The van der Waals surface area contributed by atoms with E-state index in [4.69, 9.17) is 0 Å². The Kier molecular flexibility index (Phi) is 3.87. The fraction of sp³-hybridized carbons (Fsp3) is 0.211. The van der Waals surface area contributed by atoms with E-state index in [0.717, 1.165) is 18.5 Å². The number of fused-ring (bicyclic) bond motifs is 1. The van der Waals surface area contributed by atoms with Crippen molar-refractivity contribution in [1.29, 1.82) is 0 Å². The molecule has 2 aromatic carbocycles. The lowest BCUT2D eigenvalue weighted by atomic mass is 9.97. The summed E-state index contributed by atoms with van der Waals surface area (Å²) in [5.41, 5.74) is 5.99. The van der Waals surface area contributed by atoms with Crippen molar-refractivity contribution in [2.45, 2.75) is 26.2 Å². The molecule has 0 saturated carbocycles. The topological polar surface area (TPSA) is 29.1 Å². The number of allylic oxidation sites excluding steroid dienone is 1. The summed E-state index contributed by atoms with van der Waals surface area (Å²) in [6, 6.07) is 16.7. The molecule has 1 aliphatic rings. The molecule has 1 N–H and O–H groups in total. The largest absolute Gasteiger partial charge is 0.326 e. The Morgan fingerprint density at radius 2 is 1.95 bits per heavy atom. The third-order valence-electron chi connectivity index (χ3n) is 3.89. The Bertz CT molecular complexity index is 686. The number of amides is 1. The van der Waals surface area contributed by atoms with E-state index in [2.05, 4.69) is 54.7 Å². The molecule has 0 atom stereocenters. The van der Waals surface area contributed by atoms with Crippen LogP contribution in [0.5, 0.6) is 0 Å². The first-order valence-electron chi connectivity index (χ1n) is 7.45. The highest BCUT2D eigenvalue weighted by atomic mass is 16.1. The summed E-state index contributed by atoms with van der Waals surface area (Å²) in [4.78, 5) is 11.4. The van der Waals surface area contributed by atoms with Crippen LogP contribution in [0.25, 0.3) is 11.6 Å². The standard InChI is InChI=1S/C19H19NO/c1-2-15(16-6-4-3-5-7-16)12-14-8-10-18-17(13-14)9-11-19(21)20-18/h3-8,10,12-13H,2,9,11H2,1H3,(H,20,21)/b15-12+. The van der Waals surface area contributed by atoms with Crippen LogP contribution in [0.1, 0.15) is 36.5 Å². The first-order valence-corrected chi connectivity index (χ1v) is 7.45. The number of anilines is 1. The first kappa shape index (κ1) is 13.6. The van der Waals surface area contributed by atoms with Gasteiger partial charge in [-0.25, -0.2) is 0 Å². The number of carbonyl (C=O) groups is 1. The lowest BCUT2D eigenvalue weighted by Crippen LogP contribution is -2.18. The summed E-state index contributed by atoms with van der Waals surface area (Å²) in [6.07, 6.45) is 4.65. The van der Waals surface area contributed by atoms with E-state index in [0.29, 0.717) is 6.42 Å². The molecule has 2 heteroatoms. The third kappa shape index (κ3) is 3.05. The Balaban J connectivity index is 1.93. The molecule has 0 saturated heterocycles. The molecule has 106 valence electrons. The molecule has 1 heterocycles. The second-order valence-corrected chi connectivity index (χ2v) is 5.35. The summed E-state index contributed by atoms with van der Waals surface area (Å²) >= 11 is 0. The van der Waals surface area contributed by atoms with Crippen molar-refractivity contribution in [3.63, 3.8) is 0 Å². The Labute approximate surface area is 125 Å². The number of rotatable bonds is 3. The van der Waals surface area contributed by atoms with Gasteiger partial charge < -0.3 is 5.32 Å². The van der Waals surface area contributed by atoms with E-state index in [-0.39, 0.29) is 5.91 Å². The minimum Gasteiger partial charge on any atom is -0.326 e. The van der Waals surface area contributed by atoms with Crippen LogP contribution in [0.4, 0.5) is 5.69 Å². The van der Waals surface area contributed by atoms with Gasteiger partial charge in [-0.15, -0.1) is 0 Å². The lowest BCUT2D eigenvalue weighted by Gasteiger charge is -2.17. The van der Waals surface area contributed by atoms with E-state index in [1.807, 2.05) is 12.1 Å². The van der Waals surface area contributed by atoms with Crippen molar-refractivity contribution < 1.29 is 4.79 Å². The highest BCUT2D eigenvalue weighted by Crippen LogP contribution is 2.27. The fourth-order valence-corrected chi connectivity index (χ4v) is 2.74. The molecular weight excluding hydrogens is 258 g/mol. The number of benzene rings is 2. The zero-order valence-electron chi connectivity index (χ0n) is 12.2. The Morgan fingerprint density at radius 3 is 2.71 bits per heavy atom. The number of hydrogen-bond donors (Lipinski definition) is 1. The predicted octanol–water partition coefficient (Wildman–Crippen LogP) is 4.52. The molecule has 0 spiro atoms. The van der Waals surface area contributed by atoms with Crippen LogP contribution in [0.2, 0.25) is 0 Å². The number of hydrogen-bond acceptors (Lipinski definition) is 1. The summed E-state index contributed by atoms with van der Waals surface area (Å²) in [5.74, 6) is 0.115. The molecule has 2 aromatic rings. The minimum absolute atomic E-state index is 0.115. The highest BCUT2D eigenvalue weighted by molar-refractivity contribution is 5.94. The van der Waals surface area contributed by atoms with Gasteiger partial charge in [0.2, 0.25) is 5.91 Å². The molecule has 2 nitrogen and oxygen atoms in total. The molecule has 0 radical (unpaired) electrons. The Hall–Kier alpha value is -2.35. The van der Waals surface area contributed by atoms with E-state index in [1.54, 1.807) is 0 Å². The fourth-order valence-electron chi connectivity index (χ4n) is 2.74. The highest BCUT2D eigenvalue weighted by Gasteiger charge is 2.14. The van der Waals surface area contributed by atoms with Crippen molar-refractivity contribution >= 4 is 23.2 Å². The van der Waals surface area contributed by atoms with Crippen LogP contribution in [-0.2, 0) is 11.2 Å². The van der Waals surface area contributed by atoms with Crippen molar-refractivity contribution in [1.82, 2.24) is 0 Å². The average Bonchev–Trinajstić information content (AvgIpc) is 2.53. The number of aryl methyl sites for hydroxylation is 1. The molecule has 21 heavy (non-hydrogen) atoms. The molecule has 1 aliphatic heterocycles. The zero-order chi connectivity index (χ0) is 14.7. The van der Waals surface area contributed by atoms with Crippen molar-refractivity contribution in [3.05, 3.63) is 65.2 Å². The van der Waals surface area contributed by atoms with Gasteiger partial charge in [-0.2, -0.15) is 0 Å². The first-order chi connectivity index (χ1) is 10.3. The minimum atomic E-state index is 0.115. The molecule has 3 rings (SSSR count). The maximum Gasteiger partial charge on any atom is 0.224 e. The number of nitrogens with one attached hydrogen (secondary N) is 1. The van der Waals surface area contributed by atoms with Crippen LogP contribution in [0, 0.1) is 0 Å². The quantitative estimate of drug-likeness (QED) is 0.821. The summed E-state index contributed by atoms with van der Waals surface area (Å²) < 4.78 is 0. The molecular formula is C19H19NO. The second kappa shape index (κ2) is 5.96. The van der Waals surface area contributed by atoms with Gasteiger partial charge in [0.15, 0.2) is 0 Å². The van der Waals surface area contributed by atoms with E-state index >= 15 is 0 Å². The van der Waals surface area contributed by atoms with Crippen LogP contribution in [0.15, 0.2) is 48.5 Å². The SMILES string of the molecule is CC/C(=C\c1ccc2c(c1)CCC(=O)N2)c1ccccc1. The molecule has 0 unspecified atom stereocenters. The monoisotopic (exact) mass is 277 g/mol. The van der Waals surface area contributed by atoms with Crippen LogP contribution in [0.3, 0.4) is 0 Å². The van der Waals surface area contributed by atoms with Gasteiger partial charge in [-0.05, 0) is 47.2 Å². The lowest BCUT2D eigenvalue weighted by molar-refractivity contribution is -0.116. The normalized spacial score (nSPS) is 14.5. The average molecular weight is 277 g/mol. The molecule has 0 bridgehead atoms. The molecule has 0 aliphatic carbocycles. The van der Waals surface area contributed by atoms with Gasteiger partial charge in [-0.3, -0.25) is 4.79 Å². The molecule has 0 aromatic heterocycles. The maximum atomic E-state index is 11.4. The van der Waals surface area contributed by atoms with Gasteiger partial charge in [0.25, 0.3) is 0 Å². The Morgan fingerprint density at radius 1 is 1.14 bits per heavy atom. The van der Waals surface area contributed by atoms with E-state index in [1.165, 1.54) is 22.3 Å². The van der Waals surface area contributed by atoms with Gasteiger partial charge in [-0.1, -0.05) is 49.4 Å². The van der Waals surface area contributed by atoms with Crippen molar-refractivity contribution in [2.24, 2.45) is 0 Å². The summed E-state index contributed by atoms with van der Waals surface area (Å²) in [5, 5.41) is 2.93. The second-order valence-electron chi connectivity index (χ2n) is 5.35. The van der Waals surface area contributed by atoms with Gasteiger partial charge in [0.1, 0.15) is 0 Å². The van der Waals surface area contributed by atoms with Crippen molar-refractivity contribution in [2.75, 3.05) is 5.32 Å². The number of carbonyl (C=O) groups excluding carboxylic acids is 1. The van der Waals surface area contributed by atoms with Gasteiger partial charge >= 0.3 is 0 Å². The van der Waals surface area contributed by atoms with Crippen LogP contribution in [-0.4, -0.2) is 5.91 Å². The summed E-state index contributed by atoms with van der Waals surface area (Å²) in [6.45, 7) is 2.18. The molecule has 1 amide bonds.